The number of rotatable bonds is 4. The first-order valence-corrected chi connectivity index (χ1v) is 10.4. The van der Waals surface area contributed by atoms with Crippen molar-refractivity contribution in [2.24, 2.45) is 11.1 Å². The van der Waals surface area contributed by atoms with Crippen molar-refractivity contribution in [2.75, 3.05) is 18.8 Å². The molecular formula is C16H18FN3O3S2. The first-order valence-electron chi connectivity index (χ1n) is 7.84. The number of primary sulfonamides is 1. The summed E-state index contributed by atoms with van der Waals surface area (Å²) < 4.78 is 36.4. The molecule has 1 amide bonds. The summed E-state index contributed by atoms with van der Waals surface area (Å²) in [5.74, 6) is -0.882. The number of hydrogen-bond donors (Lipinski definition) is 1. The maximum atomic E-state index is 13.9. The van der Waals surface area contributed by atoms with Gasteiger partial charge in [-0.05, 0) is 30.9 Å². The number of nitrogens with two attached hydrogens (primary N) is 1. The molecule has 0 aliphatic carbocycles. The van der Waals surface area contributed by atoms with Gasteiger partial charge in [0.15, 0.2) is 0 Å². The number of carbonyl (C=O) groups is 1. The molecule has 1 saturated heterocycles. The lowest BCUT2D eigenvalue weighted by atomic mass is 10.00. The Hall–Kier alpha value is -1.84. The molecular weight excluding hydrogens is 365 g/mol. The Morgan fingerprint density at radius 2 is 2.16 bits per heavy atom. The summed E-state index contributed by atoms with van der Waals surface area (Å²) in [6, 6.07) is 6.27. The molecule has 0 bridgehead atoms. The minimum Gasteiger partial charge on any atom is -0.338 e. The van der Waals surface area contributed by atoms with Crippen LogP contribution in [0.25, 0.3) is 10.6 Å². The summed E-state index contributed by atoms with van der Waals surface area (Å²) >= 11 is 1.13. The van der Waals surface area contributed by atoms with Crippen molar-refractivity contribution < 1.29 is 17.6 Å². The molecule has 1 aliphatic heterocycles. The van der Waals surface area contributed by atoms with Crippen LogP contribution in [0.15, 0.2) is 30.5 Å². The van der Waals surface area contributed by atoms with Crippen LogP contribution in [0, 0.1) is 11.7 Å². The monoisotopic (exact) mass is 383 g/mol. The van der Waals surface area contributed by atoms with Gasteiger partial charge in [-0.1, -0.05) is 12.1 Å². The normalized spacial score (nSPS) is 18.3. The molecule has 0 saturated carbocycles. The Labute approximate surface area is 149 Å². The van der Waals surface area contributed by atoms with E-state index in [4.69, 9.17) is 5.14 Å². The molecule has 2 heterocycles. The van der Waals surface area contributed by atoms with E-state index in [0.717, 1.165) is 24.2 Å². The van der Waals surface area contributed by atoms with Crippen LogP contribution in [-0.4, -0.2) is 43.1 Å². The number of halogens is 1. The Kier molecular flexibility index (Phi) is 5.16. The lowest BCUT2D eigenvalue weighted by Crippen LogP contribution is -2.42. The highest BCUT2D eigenvalue weighted by atomic mass is 32.2. The van der Waals surface area contributed by atoms with Gasteiger partial charge in [0.2, 0.25) is 10.0 Å². The molecule has 1 atom stereocenters. The highest BCUT2D eigenvalue weighted by Gasteiger charge is 2.28. The van der Waals surface area contributed by atoms with Gasteiger partial charge >= 0.3 is 0 Å². The summed E-state index contributed by atoms with van der Waals surface area (Å²) in [7, 11) is -3.56. The molecule has 1 aromatic carbocycles. The van der Waals surface area contributed by atoms with Crippen molar-refractivity contribution >= 4 is 27.3 Å². The molecule has 9 heteroatoms. The molecule has 3 rings (SSSR count). The SMILES string of the molecule is NS(=O)(=O)CC1CCCN(C(=O)c2cnc(-c3ccccc3F)s2)C1. The number of amides is 1. The van der Waals surface area contributed by atoms with E-state index in [1.54, 1.807) is 23.1 Å². The summed E-state index contributed by atoms with van der Waals surface area (Å²) in [6.45, 7) is 0.912. The molecule has 2 aromatic rings. The van der Waals surface area contributed by atoms with Gasteiger partial charge in [-0.15, -0.1) is 11.3 Å². The maximum absolute atomic E-state index is 13.9. The second kappa shape index (κ2) is 7.19. The second-order valence-corrected chi connectivity index (χ2v) is 8.79. The average molecular weight is 383 g/mol. The number of piperidine rings is 1. The summed E-state index contributed by atoms with van der Waals surface area (Å²) in [5.41, 5.74) is 0.359. The zero-order valence-electron chi connectivity index (χ0n) is 13.4. The Morgan fingerprint density at radius 1 is 1.40 bits per heavy atom. The predicted molar refractivity (Wildman–Crippen MR) is 94.1 cm³/mol. The number of aromatic nitrogens is 1. The van der Waals surface area contributed by atoms with E-state index < -0.39 is 10.0 Å². The van der Waals surface area contributed by atoms with Crippen molar-refractivity contribution in [2.45, 2.75) is 12.8 Å². The molecule has 0 spiro atoms. The zero-order chi connectivity index (χ0) is 18.0. The highest BCUT2D eigenvalue weighted by Crippen LogP contribution is 2.29. The number of likely N-dealkylation sites (tertiary alicyclic amines) is 1. The van der Waals surface area contributed by atoms with Crippen LogP contribution >= 0.6 is 11.3 Å². The highest BCUT2D eigenvalue weighted by molar-refractivity contribution is 7.89. The van der Waals surface area contributed by atoms with Crippen LogP contribution in [0.4, 0.5) is 4.39 Å². The lowest BCUT2D eigenvalue weighted by Gasteiger charge is -2.31. The van der Waals surface area contributed by atoms with E-state index >= 15 is 0 Å². The van der Waals surface area contributed by atoms with Crippen molar-refractivity contribution in [3.63, 3.8) is 0 Å². The number of carbonyl (C=O) groups excluding carboxylic acids is 1. The van der Waals surface area contributed by atoms with E-state index in [1.165, 1.54) is 12.3 Å². The Bertz CT molecular complexity index is 882. The van der Waals surface area contributed by atoms with Gasteiger partial charge in [0.1, 0.15) is 15.7 Å². The van der Waals surface area contributed by atoms with Gasteiger partial charge in [0.05, 0.1) is 11.9 Å². The maximum Gasteiger partial charge on any atom is 0.265 e. The van der Waals surface area contributed by atoms with Gasteiger partial charge in [-0.2, -0.15) is 0 Å². The van der Waals surface area contributed by atoms with Gasteiger partial charge in [-0.25, -0.2) is 22.9 Å². The zero-order valence-corrected chi connectivity index (χ0v) is 15.0. The lowest BCUT2D eigenvalue weighted by molar-refractivity contribution is 0.0689. The fourth-order valence-corrected chi connectivity index (χ4v) is 4.84. The van der Waals surface area contributed by atoms with E-state index in [1.807, 2.05) is 0 Å². The summed E-state index contributed by atoms with van der Waals surface area (Å²) in [5, 5.41) is 5.55. The van der Waals surface area contributed by atoms with Crippen molar-refractivity contribution in [3.05, 3.63) is 41.2 Å². The third-order valence-corrected chi connectivity index (χ3v) is 6.05. The van der Waals surface area contributed by atoms with Crippen LogP contribution in [0.2, 0.25) is 0 Å². The summed E-state index contributed by atoms with van der Waals surface area (Å²) in [6.07, 6.45) is 2.90. The first-order chi connectivity index (χ1) is 11.8. The van der Waals surface area contributed by atoms with Gasteiger partial charge < -0.3 is 4.90 Å². The molecule has 134 valence electrons. The summed E-state index contributed by atoms with van der Waals surface area (Å²) in [4.78, 5) is 18.9. The molecule has 1 unspecified atom stereocenters. The molecule has 1 aliphatic rings. The first kappa shape index (κ1) is 18.0. The van der Waals surface area contributed by atoms with Crippen LogP contribution in [0.1, 0.15) is 22.5 Å². The smallest absolute Gasteiger partial charge is 0.265 e. The van der Waals surface area contributed by atoms with E-state index in [0.29, 0.717) is 28.5 Å². The average Bonchev–Trinajstić information content (AvgIpc) is 3.03. The number of sulfonamides is 1. The van der Waals surface area contributed by atoms with Gasteiger partial charge in [0.25, 0.3) is 5.91 Å². The quantitative estimate of drug-likeness (QED) is 0.875. The fraction of sp³-hybridized carbons (Fsp3) is 0.375. The van der Waals surface area contributed by atoms with Crippen LogP contribution in [-0.2, 0) is 10.0 Å². The van der Waals surface area contributed by atoms with Crippen molar-refractivity contribution in [1.82, 2.24) is 9.88 Å². The molecule has 2 N–H and O–H groups in total. The predicted octanol–water partition coefficient (Wildman–Crippen LogP) is 2.09. The number of hydrogen-bond acceptors (Lipinski definition) is 5. The molecule has 0 radical (unpaired) electrons. The minimum atomic E-state index is -3.56. The van der Waals surface area contributed by atoms with Crippen molar-refractivity contribution in [3.8, 4) is 10.6 Å². The van der Waals surface area contributed by atoms with E-state index in [-0.39, 0.29) is 23.4 Å². The van der Waals surface area contributed by atoms with Crippen LogP contribution in [0.5, 0.6) is 0 Å². The minimum absolute atomic E-state index is 0.125. The molecule has 6 nitrogen and oxygen atoms in total. The molecule has 1 aromatic heterocycles. The topological polar surface area (TPSA) is 93.4 Å². The number of nitrogens with zero attached hydrogens (tertiary/aromatic N) is 2. The molecule has 25 heavy (non-hydrogen) atoms. The second-order valence-electron chi connectivity index (χ2n) is 6.10. The third-order valence-electron chi connectivity index (χ3n) is 4.09. The number of thiazole rings is 1. The van der Waals surface area contributed by atoms with Crippen molar-refractivity contribution in [1.29, 1.82) is 0 Å². The van der Waals surface area contributed by atoms with Crippen LogP contribution in [0.3, 0.4) is 0 Å². The molecule has 1 fully saturated rings. The Balaban J connectivity index is 1.74. The van der Waals surface area contributed by atoms with E-state index in [2.05, 4.69) is 4.98 Å². The Morgan fingerprint density at radius 3 is 2.88 bits per heavy atom. The standard InChI is InChI=1S/C16H18FN3O3S2/c17-13-6-2-1-5-12(13)15-19-8-14(24-15)16(21)20-7-3-4-11(9-20)10-25(18,22)23/h1-2,5-6,8,11H,3-4,7,9-10H2,(H2,18,22,23). The third kappa shape index (κ3) is 4.42. The van der Waals surface area contributed by atoms with E-state index in [9.17, 15) is 17.6 Å². The van der Waals surface area contributed by atoms with Crippen LogP contribution < -0.4 is 5.14 Å². The van der Waals surface area contributed by atoms with Gasteiger partial charge in [0, 0.05) is 18.7 Å². The number of benzene rings is 1. The largest absolute Gasteiger partial charge is 0.338 e. The fourth-order valence-electron chi connectivity index (χ4n) is 3.00. The van der Waals surface area contributed by atoms with Gasteiger partial charge in [-0.3, -0.25) is 4.79 Å².